The summed E-state index contributed by atoms with van der Waals surface area (Å²) < 4.78 is 25.4. The number of halogens is 2. The van der Waals surface area contributed by atoms with Gasteiger partial charge in [0.2, 0.25) is 0 Å². The molecule has 0 fully saturated rings. The Kier molecular flexibility index (Phi) is 2.77. The van der Waals surface area contributed by atoms with Crippen LogP contribution in [0.4, 0.5) is 8.78 Å². The smallest absolute Gasteiger partial charge is 0.123 e. The second-order valence-corrected chi connectivity index (χ2v) is 3.39. The summed E-state index contributed by atoms with van der Waals surface area (Å²) in [7, 11) is 0. The minimum atomic E-state index is -0.337. The Balaban J connectivity index is 2.32. The van der Waals surface area contributed by atoms with E-state index in [1.54, 1.807) is 0 Å². The summed E-state index contributed by atoms with van der Waals surface area (Å²) in [5.74, 6) is -0.675. The SMILES string of the molecule is N=C(c1ccc(F)cc1)c1ccc(F)cc1. The quantitative estimate of drug-likeness (QED) is 0.745. The van der Waals surface area contributed by atoms with Gasteiger partial charge in [-0.25, -0.2) is 8.78 Å². The lowest BCUT2D eigenvalue weighted by atomic mass is 10.0. The Morgan fingerprint density at radius 1 is 0.688 bits per heavy atom. The van der Waals surface area contributed by atoms with Gasteiger partial charge in [0.1, 0.15) is 11.6 Å². The molecule has 0 aliphatic rings. The zero-order valence-corrected chi connectivity index (χ0v) is 8.37. The lowest BCUT2D eigenvalue weighted by Gasteiger charge is -2.04. The van der Waals surface area contributed by atoms with Gasteiger partial charge < -0.3 is 0 Å². The molecular weight excluding hydrogens is 208 g/mol. The maximum atomic E-state index is 12.7. The van der Waals surface area contributed by atoms with Gasteiger partial charge in [-0.1, -0.05) is 0 Å². The van der Waals surface area contributed by atoms with Gasteiger partial charge in [0.15, 0.2) is 0 Å². The second-order valence-electron chi connectivity index (χ2n) is 3.39. The van der Waals surface area contributed by atoms with Crippen molar-refractivity contribution in [1.29, 1.82) is 5.41 Å². The standard InChI is InChI=1S/C13H9F2N/c14-11-5-1-9(2-6-11)13(16)10-3-7-12(15)8-4-10/h1-8,16H. The molecule has 80 valence electrons. The Bertz CT molecular complexity index is 453. The molecule has 0 radical (unpaired) electrons. The van der Waals surface area contributed by atoms with Crippen LogP contribution in [0.15, 0.2) is 48.5 Å². The van der Waals surface area contributed by atoms with Crippen molar-refractivity contribution in [3.8, 4) is 0 Å². The first-order valence-electron chi connectivity index (χ1n) is 4.77. The minimum absolute atomic E-state index is 0.250. The first kappa shape index (κ1) is 10.5. The van der Waals surface area contributed by atoms with Gasteiger partial charge >= 0.3 is 0 Å². The predicted octanol–water partition coefficient (Wildman–Crippen LogP) is 3.38. The number of nitrogens with one attached hydrogen (secondary N) is 1. The molecule has 0 atom stereocenters. The maximum Gasteiger partial charge on any atom is 0.123 e. The van der Waals surface area contributed by atoms with E-state index in [9.17, 15) is 8.78 Å². The van der Waals surface area contributed by atoms with Gasteiger partial charge in [0.05, 0.1) is 5.71 Å². The number of rotatable bonds is 2. The van der Waals surface area contributed by atoms with Crippen molar-refractivity contribution in [3.05, 3.63) is 71.3 Å². The molecule has 3 heteroatoms. The molecule has 2 rings (SSSR count). The van der Waals surface area contributed by atoms with E-state index in [0.717, 1.165) is 0 Å². The third-order valence-electron chi connectivity index (χ3n) is 2.27. The molecule has 0 bridgehead atoms. The minimum Gasteiger partial charge on any atom is -0.300 e. The van der Waals surface area contributed by atoms with E-state index in [-0.39, 0.29) is 17.3 Å². The average Bonchev–Trinajstić information content (AvgIpc) is 2.30. The van der Waals surface area contributed by atoms with E-state index in [4.69, 9.17) is 5.41 Å². The highest BCUT2D eigenvalue weighted by molar-refractivity contribution is 6.10. The van der Waals surface area contributed by atoms with Gasteiger partial charge in [0.25, 0.3) is 0 Å². The monoisotopic (exact) mass is 217 g/mol. The van der Waals surface area contributed by atoms with Crippen LogP contribution in [0.25, 0.3) is 0 Å². The third-order valence-corrected chi connectivity index (χ3v) is 2.27. The third kappa shape index (κ3) is 2.14. The fourth-order valence-electron chi connectivity index (χ4n) is 1.40. The van der Waals surface area contributed by atoms with Crippen molar-refractivity contribution >= 4 is 5.71 Å². The van der Waals surface area contributed by atoms with E-state index in [0.29, 0.717) is 11.1 Å². The van der Waals surface area contributed by atoms with Crippen LogP contribution < -0.4 is 0 Å². The highest BCUT2D eigenvalue weighted by Gasteiger charge is 2.04. The predicted molar refractivity (Wildman–Crippen MR) is 58.7 cm³/mol. The van der Waals surface area contributed by atoms with Crippen LogP contribution in [0, 0.1) is 17.0 Å². The molecule has 16 heavy (non-hydrogen) atoms. The van der Waals surface area contributed by atoms with E-state index in [2.05, 4.69) is 0 Å². The molecular formula is C13H9F2N. The van der Waals surface area contributed by atoms with Crippen molar-refractivity contribution < 1.29 is 8.78 Å². The lowest BCUT2D eigenvalue weighted by molar-refractivity contribution is 0.627. The molecule has 0 spiro atoms. The lowest BCUT2D eigenvalue weighted by Crippen LogP contribution is -2.01. The number of benzene rings is 2. The summed E-state index contributed by atoms with van der Waals surface area (Å²) in [6, 6.07) is 11.3. The van der Waals surface area contributed by atoms with Crippen molar-refractivity contribution in [3.63, 3.8) is 0 Å². The molecule has 0 aliphatic heterocycles. The Hall–Kier alpha value is -2.03. The Morgan fingerprint density at radius 2 is 1.00 bits per heavy atom. The summed E-state index contributed by atoms with van der Waals surface area (Å²) in [6.45, 7) is 0. The first-order chi connectivity index (χ1) is 7.66. The molecule has 0 unspecified atom stereocenters. The largest absolute Gasteiger partial charge is 0.300 e. The van der Waals surface area contributed by atoms with Gasteiger partial charge in [-0.3, -0.25) is 5.41 Å². The maximum absolute atomic E-state index is 12.7. The fraction of sp³-hybridized carbons (Fsp3) is 0. The summed E-state index contributed by atoms with van der Waals surface area (Å²) in [5, 5.41) is 7.87. The zero-order chi connectivity index (χ0) is 11.5. The molecule has 0 amide bonds. The molecule has 0 heterocycles. The highest BCUT2D eigenvalue weighted by Crippen LogP contribution is 2.11. The summed E-state index contributed by atoms with van der Waals surface area (Å²) >= 11 is 0. The Morgan fingerprint density at radius 3 is 1.31 bits per heavy atom. The molecule has 0 saturated carbocycles. The molecule has 1 N–H and O–H groups in total. The molecule has 0 saturated heterocycles. The average molecular weight is 217 g/mol. The van der Waals surface area contributed by atoms with Crippen LogP contribution in [0.3, 0.4) is 0 Å². The number of hydrogen-bond donors (Lipinski definition) is 1. The molecule has 2 aromatic carbocycles. The zero-order valence-electron chi connectivity index (χ0n) is 8.37. The van der Waals surface area contributed by atoms with Gasteiger partial charge in [-0.15, -0.1) is 0 Å². The summed E-state index contributed by atoms with van der Waals surface area (Å²) in [5.41, 5.74) is 1.46. The van der Waals surface area contributed by atoms with Crippen LogP contribution in [0.1, 0.15) is 11.1 Å². The molecule has 2 aromatic rings. The van der Waals surface area contributed by atoms with Crippen molar-refractivity contribution in [2.45, 2.75) is 0 Å². The van der Waals surface area contributed by atoms with Crippen molar-refractivity contribution in [1.82, 2.24) is 0 Å². The fourth-order valence-corrected chi connectivity index (χ4v) is 1.40. The van der Waals surface area contributed by atoms with Gasteiger partial charge in [0, 0.05) is 11.1 Å². The van der Waals surface area contributed by atoms with Crippen molar-refractivity contribution in [2.24, 2.45) is 0 Å². The van der Waals surface area contributed by atoms with E-state index in [1.807, 2.05) is 0 Å². The normalized spacial score (nSPS) is 10.1. The Labute approximate surface area is 91.9 Å². The first-order valence-corrected chi connectivity index (χ1v) is 4.77. The van der Waals surface area contributed by atoms with Crippen LogP contribution in [0.5, 0.6) is 0 Å². The van der Waals surface area contributed by atoms with Crippen LogP contribution in [0.2, 0.25) is 0 Å². The van der Waals surface area contributed by atoms with Crippen LogP contribution in [-0.2, 0) is 0 Å². The highest BCUT2D eigenvalue weighted by atomic mass is 19.1. The number of hydrogen-bond acceptors (Lipinski definition) is 1. The van der Waals surface area contributed by atoms with E-state index in [1.165, 1.54) is 48.5 Å². The van der Waals surface area contributed by atoms with Gasteiger partial charge in [-0.05, 0) is 48.5 Å². The van der Waals surface area contributed by atoms with Gasteiger partial charge in [-0.2, -0.15) is 0 Å². The topological polar surface area (TPSA) is 23.9 Å². The van der Waals surface area contributed by atoms with Crippen LogP contribution in [-0.4, -0.2) is 5.71 Å². The van der Waals surface area contributed by atoms with Crippen molar-refractivity contribution in [2.75, 3.05) is 0 Å². The van der Waals surface area contributed by atoms with E-state index >= 15 is 0 Å². The molecule has 0 aromatic heterocycles. The summed E-state index contributed by atoms with van der Waals surface area (Å²) in [6.07, 6.45) is 0. The summed E-state index contributed by atoms with van der Waals surface area (Å²) in [4.78, 5) is 0. The molecule has 1 nitrogen and oxygen atoms in total. The van der Waals surface area contributed by atoms with E-state index < -0.39 is 0 Å². The van der Waals surface area contributed by atoms with Crippen LogP contribution >= 0.6 is 0 Å². The molecule has 0 aliphatic carbocycles. The second kappa shape index (κ2) is 4.23.